The Bertz CT molecular complexity index is 1150. The van der Waals surface area contributed by atoms with Gasteiger partial charge in [-0.15, -0.1) is 0 Å². The maximum atomic E-state index is 13.8. The van der Waals surface area contributed by atoms with E-state index in [-0.39, 0.29) is 12.5 Å². The second kappa shape index (κ2) is 12.2. The summed E-state index contributed by atoms with van der Waals surface area (Å²) in [6.07, 6.45) is 0.396. The largest absolute Gasteiger partial charge is 0.355 e. The topological polar surface area (TPSA) is 90.0 Å². The van der Waals surface area contributed by atoms with E-state index in [0.717, 1.165) is 30.9 Å². The third-order valence-corrected chi connectivity index (χ3v) is 7.80. The van der Waals surface area contributed by atoms with Crippen LogP contribution in [0.5, 0.6) is 0 Å². The lowest BCUT2D eigenvalue weighted by molar-refractivity contribution is -0.140. The Hall–Kier alpha value is -2.91. The van der Waals surface area contributed by atoms with Crippen molar-refractivity contribution >= 4 is 27.7 Å². The highest BCUT2D eigenvalue weighted by molar-refractivity contribution is 7.90. The number of likely N-dealkylation sites (N-methyl/N-ethyl adjacent to an activating group) is 1. The van der Waals surface area contributed by atoms with E-state index in [1.165, 1.54) is 19.0 Å². The first-order chi connectivity index (χ1) is 16.4. The zero-order chi connectivity index (χ0) is 26.3. The van der Waals surface area contributed by atoms with E-state index in [4.69, 9.17) is 0 Å². The molecule has 0 saturated carbocycles. The average Bonchev–Trinajstić information content (AvgIpc) is 2.80. The summed E-state index contributed by atoms with van der Waals surface area (Å²) in [6.45, 7) is 9.51. The van der Waals surface area contributed by atoms with Crippen LogP contribution in [0.3, 0.4) is 0 Å². The molecule has 192 valence electrons. The van der Waals surface area contributed by atoms with Crippen molar-refractivity contribution in [1.29, 1.82) is 0 Å². The Balaban J connectivity index is 2.57. The average molecular weight is 503 g/mol. The number of carbonyl (C=O) groups excluding carboxylic acids is 2. The van der Waals surface area contributed by atoms with Crippen LogP contribution in [-0.4, -0.2) is 62.7 Å². The number of rotatable bonds is 11. The van der Waals surface area contributed by atoms with Crippen molar-refractivity contribution in [2.75, 3.05) is 31.5 Å². The van der Waals surface area contributed by atoms with Crippen LogP contribution in [0.4, 0.5) is 5.69 Å². The van der Waals surface area contributed by atoms with E-state index in [0.29, 0.717) is 18.7 Å². The number of hydrogen-bond acceptors (Lipinski definition) is 4. The first-order valence-corrected chi connectivity index (χ1v) is 13.2. The number of carbonyl (C=O) groups is 2. The summed E-state index contributed by atoms with van der Waals surface area (Å²) in [7, 11) is -1.11. The number of hydrogen-bond donors (Lipinski definition) is 1. The zero-order valence-corrected chi connectivity index (χ0v) is 22.6. The lowest BCUT2D eigenvalue weighted by Crippen LogP contribution is -2.53. The van der Waals surface area contributed by atoms with E-state index >= 15 is 0 Å². The Morgan fingerprint density at radius 1 is 0.971 bits per heavy atom. The molecular formula is C26H38N4O4S. The molecule has 2 aromatic carbocycles. The van der Waals surface area contributed by atoms with Crippen molar-refractivity contribution in [3.63, 3.8) is 0 Å². The van der Waals surface area contributed by atoms with Crippen molar-refractivity contribution in [2.45, 2.75) is 53.6 Å². The minimum Gasteiger partial charge on any atom is -0.355 e. The third-order valence-electron chi connectivity index (χ3n) is 5.99. The van der Waals surface area contributed by atoms with Crippen molar-refractivity contribution in [3.05, 3.63) is 64.7 Å². The normalized spacial score (nSPS) is 12.3. The molecule has 0 aromatic heterocycles. The van der Waals surface area contributed by atoms with Gasteiger partial charge in [0.15, 0.2) is 0 Å². The summed E-state index contributed by atoms with van der Waals surface area (Å²) in [6, 6.07) is 12.4. The highest BCUT2D eigenvalue weighted by Gasteiger charge is 2.34. The van der Waals surface area contributed by atoms with Gasteiger partial charge in [-0.2, -0.15) is 12.7 Å². The van der Waals surface area contributed by atoms with Gasteiger partial charge in [0.25, 0.3) is 0 Å². The molecule has 0 heterocycles. The molecule has 0 spiro atoms. The van der Waals surface area contributed by atoms with Crippen molar-refractivity contribution in [3.8, 4) is 0 Å². The van der Waals surface area contributed by atoms with Crippen LogP contribution in [0.25, 0.3) is 0 Å². The Labute approximate surface area is 210 Å². The van der Waals surface area contributed by atoms with Gasteiger partial charge in [-0.3, -0.25) is 9.59 Å². The molecule has 0 aliphatic rings. The Morgan fingerprint density at radius 3 is 2.20 bits per heavy atom. The minimum atomic E-state index is -3.99. The summed E-state index contributed by atoms with van der Waals surface area (Å²) in [4.78, 5) is 28.2. The van der Waals surface area contributed by atoms with Gasteiger partial charge in [-0.1, -0.05) is 43.3 Å². The fourth-order valence-corrected chi connectivity index (χ4v) is 4.99. The quantitative estimate of drug-likeness (QED) is 0.511. The molecule has 0 bridgehead atoms. The highest BCUT2D eigenvalue weighted by Crippen LogP contribution is 2.26. The maximum absolute atomic E-state index is 13.8. The van der Waals surface area contributed by atoms with Crippen molar-refractivity contribution in [1.82, 2.24) is 14.5 Å². The molecule has 1 atom stereocenters. The van der Waals surface area contributed by atoms with E-state index < -0.39 is 28.7 Å². The zero-order valence-electron chi connectivity index (χ0n) is 21.8. The fraction of sp³-hybridized carbons (Fsp3) is 0.462. The molecule has 0 fully saturated rings. The third kappa shape index (κ3) is 6.82. The molecule has 35 heavy (non-hydrogen) atoms. The number of nitrogens with one attached hydrogen (secondary N) is 1. The first-order valence-electron chi connectivity index (χ1n) is 11.8. The van der Waals surface area contributed by atoms with Gasteiger partial charge in [0.1, 0.15) is 12.6 Å². The maximum Gasteiger partial charge on any atom is 0.304 e. The van der Waals surface area contributed by atoms with Crippen LogP contribution in [0.15, 0.2) is 42.5 Å². The van der Waals surface area contributed by atoms with Gasteiger partial charge >= 0.3 is 10.2 Å². The van der Waals surface area contributed by atoms with Gasteiger partial charge in [0.2, 0.25) is 11.8 Å². The SMILES string of the molecule is CCNC(=O)C(CC)N(Cc1ccccc1C)C(=O)CN(c1cc(C)ccc1C)S(=O)(=O)N(C)C. The van der Waals surface area contributed by atoms with Gasteiger partial charge < -0.3 is 10.2 Å². The molecule has 0 aliphatic heterocycles. The molecule has 2 aromatic rings. The first kappa shape index (κ1) is 28.3. The summed E-state index contributed by atoms with van der Waals surface area (Å²) >= 11 is 0. The second-order valence-corrected chi connectivity index (χ2v) is 10.9. The monoisotopic (exact) mass is 502 g/mol. The van der Waals surface area contributed by atoms with E-state index in [2.05, 4.69) is 5.32 Å². The van der Waals surface area contributed by atoms with E-state index in [9.17, 15) is 18.0 Å². The predicted octanol–water partition coefficient (Wildman–Crippen LogP) is 3.17. The number of amides is 2. The number of aryl methyl sites for hydroxylation is 3. The molecule has 1 N–H and O–H groups in total. The number of anilines is 1. The summed E-state index contributed by atoms with van der Waals surface area (Å²) in [5.74, 6) is -0.705. The van der Waals surface area contributed by atoms with Gasteiger partial charge in [-0.05, 0) is 62.4 Å². The minimum absolute atomic E-state index is 0.198. The standard InChI is InChI=1S/C26H38N4O4S/c1-8-23(26(32)27-9-2)29(17-22-13-11-10-12-20(22)4)25(31)18-30(35(33,34)28(6)7)24-16-19(3)14-15-21(24)5/h10-16,23H,8-9,17-18H2,1-7H3,(H,27,32). The lowest BCUT2D eigenvalue weighted by atomic mass is 10.1. The molecule has 2 amide bonds. The van der Waals surface area contributed by atoms with Crippen LogP contribution in [0.2, 0.25) is 0 Å². The number of benzene rings is 2. The summed E-state index contributed by atoms with van der Waals surface area (Å²) in [5.41, 5.74) is 3.94. The van der Waals surface area contributed by atoms with Gasteiger partial charge in [0.05, 0.1) is 5.69 Å². The van der Waals surface area contributed by atoms with Crippen LogP contribution >= 0.6 is 0 Å². The van der Waals surface area contributed by atoms with Crippen LogP contribution in [0, 0.1) is 20.8 Å². The van der Waals surface area contributed by atoms with Crippen LogP contribution < -0.4 is 9.62 Å². The molecule has 0 aliphatic carbocycles. The van der Waals surface area contributed by atoms with Crippen LogP contribution in [0.1, 0.15) is 42.5 Å². The molecular weight excluding hydrogens is 464 g/mol. The Morgan fingerprint density at radius 2 is 1.63 bits per heavy atom. The molecule has 0 saturated heterocycles. The smallest absolute Gasteiger partial charge is 0.304 e. The molecule has 0 radical (unpaired) electrons. The van der Waals surface area contributed by atoms with E-state index in [1.807, 2.05) is 71.0 Å². The lowest BCUT2D eigenvalue weighted by Gasteiger charge is -2.34. The Kier molecular flexibility index (Phi) is 9.85. The summed E-state index contributed by atoms with van der Waals surface area (Å²) < 4.78 is 28.9. The van der Waals surface area contributed by atoms with Crippen molar-refractivity contribution in [2.24, 2.45) is 0 Å². The van der Waals surface area contributed by atoms with E-state index in [1.54, 1.807) is 6.07 Å². The summed E-state index contributed by atoms with van der Waals surface area (Å²) in [5, 5.41) is 2.81. The van der Waals surface area contributed by atoms with Gasteiger partial charge in [-0.25, -0.2) is 4.31 Å². The molecule has 2 rings (SSSR count). The molecule has 1 unspecified atom stereocenters. The second-order valence-electron chi connectivity index (χ2n) is 8.85. The predicted molar refractivity (Wildman–Crippen MR) is 140 cm³/mol. The fourth-order valence-electron chi connectivity index (χ4n) is 3.87. The van der Waals surface area contributed by atoms with Crippen molar-refractivity contribution < 1.29 is 18.0 Å². The highest BCUT2D eigenvalue weighted by atomic mass is 32.2. The molecule has 8 nitrogen and oxygen atoms in total. The number of nitrogens with zero attached hydrogens (tertiary/aromatic N) is 3. The van der Waals surface area contributed by atoms with Crippen LogP contribution in [-0.2, 0) is 26.3 Å². The molecule has 9 heteroatoms. The van der Waals surface area contributed by atoms with Gasteiger partial charge in [0, 0.05) is 27.2 Å².